The van der Waals surface area contributed by atoms with Gasteiger partial charge in [0, 0.05) is 19.2 Å². The molecule has 5 nitrogen and oxygen atoms in total. The molecule has 0 aliphatic heterocycles. The lowest BCUT2D eigenvalue weighted by Crippen LogP contribution is -2.30. The molecule has 0 bridgehead atoms. The van der Waals surface area contributed by atoms with Crippen molar-refractivity contribution in [2.75, 3.05) is 20.1 Å². The van der Waals surface area contributed by atoms with E-state index in [0.717, 1.165) is 12.1 Å². The minimum absolute atomic E-state index is 0.128. The number of sulfonamides is 1. The summed E-state index contributed by atoms with van der Waals surface area (Å²) in [5.41, 5.74) is 0. The maximum Gasteiger partial charge on any atom is 0.573 e. The van der Waals surface area contributed by atoms with Crippen molar-refractivity contribution in [2.45, 2.75) is 11.3 Å². The van der Waals surface area contributed by atoms with Gasteiger partial charge >= 0.3 is 6.36 Å². The number of benzene rings is 1. The van der Waals surface area contributed by atoms with Gasteiger partial charge < -0.3 is 10.1 Å². The number of alkyl halides is 3. The highest BCUT2D eigenvalue weighted by Crippen LogP contribution is 2.24. The van der Waals surface area contributed by atoms with Crippen molar-refractivity contribution < 1.29 is 26.3 Å². The average molecular weight is 298 g/mol. The maximum atomic E-state index is 12.0. The van der Waals surface area contributed by atoms with Crippen LogP contribution in [0.1, 0.15) is 0 Å². The smallest absolute Gasteiger partial charge is 0.406 e. The van der Waals surface area contributed by atoms with Crippen molar-refractivity contribution in [3.05, 3.63) is 24.3 Å². The first-order valence-electron chi connectivity index (χ1n) is 5.25. The Kier molecular flexibility index (Phi) is 5.15. The molecule has 108 valence electrons. The van der Waals surface area contributed by atoms with Crippen LogP contribution in [-0.2, 0) is 10.0 Å². The summed E-state index contributed by atoms with van der Waals surface area (Å²) < 4.78 is 65.5. The van der Waals surface area contributed by atoms with Gasteiger partial charge in [-0.3, -0.25) is 0 Å². The molecule has 0 spiro atoms. The standard InChI is InChI=1S/C10H13F3N2O3S/c1-14-5-6-15-19(16,17)9-4-2-3-8(7-9)18-10(11,12)13/h2-4,7,14-15H,5-6H2,1H3. The van der Waals surface area contributed by atoms with E-state index < -0.39 is 22.1 Å². The average Bonchev–Trinajstić information content (AvgIpc) is 2.27. The van der Waals surface area contributed by atoms with E-state index in [1.807, 2.05) is 0 Å². The Morgan fingerprint density at radius 2 is 1.95 bits per heavy atom. The van der Waals surface area contributed by atoms with Gasteiger partial charge in [-0.2, -0.15) is 0 Å². The zero-order chi connectivity index (χ0) is 14.5. The van der Waals surface area contributed by atoms with Gasteiger partial charge in [-0.05, 0) is 19.2 Å². The lowest BCUT2D eigenvalue weighted by atomic mass is 10.3. The second kappa shape index (κ2) is 6.22. The van der Waals surface area contributed by atoms with Crippen LogP contribution in [0.3, 0.4) is 0 Å². The van der Waals surface area contributed by atoms with Crippen molar-refractivity contribution in [3.63, 3.8) is 0 Å². The topological polar surface area (TPSA) is 67.4 Å². The van der Waals surface area contributed by atoms with E-state index in [1.54, 1.807) is 7.05 Å². The zero-order valence-corrected chi connectivity index (χ0v) is 10.8. The molecule has 0 heterocycles. The summed E-state index contributed by atoms with van der Waals surface area (Å²) >= 11 is 0. The van der Waals surface area contributed by atoms with E-state index in [4.69, 9.17) is 0 Å². The fourth-order valence-electron chi connectivity index (χ4n) is 1.23. The predicted molar refractivity (Wildman–Crippen MR) is 62.2 cm³/mol. The van der Waals surface area contributed by atoms with Crippen molar-refractivity contribution in [1.29, 1.82) is 0 Å². The Morgan fingerprint density at radius 3 is 2.53 bits per heavy atom. The summed E-state index contributed by atoms with van der Waals surface area (Å²) in [7, 11) is -2.20. The summed E-state index contributed by atoms with van der Waals surface area (Å²) in [6.45, 7) is 0.529. The second-order valence-corrected chi connectivity index (χ2v) is 5.29. The van der Waals surface area contributed by atoms with Gasteiger partial charge in [0.05, 0.1) is 4.90 Å². The van der Waals surface area contributed by atoms with Crippen LogP contribution in [0.25, 0.3) is 0 Å². The van der Waals surface area contributed by atoms with Gasteiger partial charge in [-0.15, -0.1) is 13.2 Å². The molecule has 0 fully saturated rings. The monoisotopic (exact) mass is 298 g/mol. The molecule has 0 aliphatic carbocycles. The number of halogens is 3. The fourth-order valence-corrected chi connectivity index (χ4v) is 2.30. The predicted octanol–water partition coefficient (Wildman–Crippen LogP) is 1.08. The van der Waals surface area contributed by atoms with E-state index >= 15 is 0 Å². The van der Waals surface area contributed by atoms with Gasteiger partial charge in [0.15, 0.2) is 0 Å². The number of hydrogen-bond donors (Lipinski definition) is 2. The SMILES string of the molecule is CNCCNS(=O)(=O)c1cccc(OC(F)(F)F)c1. The van der Waals surface area contributed by atoms with E-state index in [1.165, 1.54) is 12.1 Å². The highest BCUT2D eigenvalue weighted by molar-refractivity contribution is 7.89. The molecular formula is C10H13F3N2O3S. The third-order valence-corrected chi connectivity index (χ3v) is 3.48. The van der Waals surface area contributed by atoms with Gasteiger partial charge in [-0.25, -0.2) is 13.1 Å². The first kappa shape index (κ1) is 15.7. The molecule has 0 atom stereocenters. The van der Waals surface area contributed by atoms with E-state index in [-0.39, 0.29) is 11.4 Å². The first-order valence-corrected chi connectivity index (χ1v) is 6.73. The van der Waals surface area contributed by atoms with Crippen molar-refractivity contribution in [2.24, 2.45) is 0 Å². The van der Waals surface area contributed by atoms with E-state index in [2.05, 4.69) is 14.8 Å². The summed E-state index contributed by atoms with van der Waals surface area (Å²) in [4.78, 5) is -0.287. The maximum absolute atomic E-state index is 12.0. The Morgan fingerprint density at radius 1 is 1.26 bits per heavy atom. The quantitative estimate of drug-likeness (QED) is 0.771. The molecule has 0 aromatic heterocycles. The molecular weight excluding hydrogens is 285 g/mol. The third-order valence-electron chi connectivity index (χ3n) is 2.02. The molecule has 0 saturated heterocycles. The van der Waals surface area contributed by atoms with Gasteiger partial charge in [0.1, 0.15) is 5.75 Å². The summed E-state index contributed by atoms with van der Waals surface area (Å²) in [5, 5.41) is 2.73. The summed E-state index contributed by atoms with van der Waals surface area (Å²) in [6.07, 6.45) is -4.86. The van der Waals surface area contributed by atoms with Crippen LogP contribution in [0.15, 0.2) is 29.2 Å². The van der Waals surface area contributed by atoms with E-state index in [9.17, 15) is 21.6 Å². The van der Waals surface area contributed by atoms with Crippen molar-refractivity contribution in [3.8, 4) is 5.75 Å². The summed E-state index contributed by atoms with van der Waals surface area (Å²) in [5.74, 6) is -0.580. The molecule has 0 radical (unpaired) electrons. The minimum atomic E-state index is -4.86. The minimum Gasteiger partial charge on any atom is -0.406 e. The Hall–Kier alpha value is -1.32. The highest BCUT2D eigenvalue weighted by Gasteiger charge is 2.31. The molecule has 0 amide bonds. The molecule has 0 saturated carbocycles. The molecule has 2 N–H and O–H groups in total. The van der Waals surface area contributed by atoms with Crippen LogP contribution in [0.2, 0.25) is 0 Å². The van der Waals surface area contributed by atoms with Gasteiger partial charge in [-0.1, -0.05) is 6.07 Å². The molecule has 1 aromatic carbocycles. The fraction of sp³-hybridized carbons (Fsp3) is 0.400. The highest BCUT2D eigenvalue weighted by atomic mass is 32.2. The normalized spacial score (nSPS) is 12.4. The summed E-state index contributed by atoms with van der Waals surface area (Å²) in [6, 6.07) is 4.20. The van der Waals surface area contributed by atoms with Gasteiger partial charge in [0.25, 0.3) is 0 Å². The Bertz CT molecular complexity index is 517. The molecule has 0 aliphatic rings. The number of rotatable bonds is 6. The van der Waals surface area contributed by atoms with Crippen molar-refractivity contribution in [1.82, 2.24) is 10.0 Å². The lowest BCUT2D eigenvalue weighted by Gasteiger charge is -2.11. The third kappa shape index (κ3) is 5.45. The van der Waals surface area contributed by atoms with Crippen LogP contribution < -0.4 is 14.8 Å². The van der Waals surface area contributed by atoms with Crippen LogP contribution in [0.4, 0.5) is 13.2 Å². The molecule has 1 aromatic rings. The van der Waals surface area contributed by atoms with Crippen LogP contribution in [-0.4, -0.2) is 34.9 Å². The molecule has 1 rings (SSSR count). The number of nitrogens with one attached hydrogen (secondary N) is 2. The molecule has 19 heavy (non-hydrogen) atoms. The zero-order valence-electron chi connectivity index (χ0n) is 9.99. The largest absolute Gasteiger partial charge is 0.573 e. The molecule has 0 unspecified atom stereocenters. The number of ether oxygens (including phenoxy) is 1. The number of likely N-dealkylation sites (N-methyl/N-ethyl adjacent to an activating group) is 1. The Balaban J connectivity index is 2.86. The lowest BCUT2D eigenvalue weighted by molar-refractivity contribution is -0.274. The number of hydrogen-bond acceptors (Lipinski definition) is 4. The van der Waals surface area contributed by atoms with Crippen LogP contribution in [0.5, 0.6) is 5.75 Å². The van der Waals surface area contributed by atoms with E-state index in [0.29, 0.717) is 6.54 Å². The van der Waals surface area contributed by atoms with Gasteiger partial charge in [0.2, 0.25) is 10.0 Å². The van der Waals surface area contributed by atoms with Crippen LogP contribution >= 0.6 is 0 Å². The van der Waals surface area contributed by atoms with Crippen molar-refractivity contribution >= 4 is 10.0 Å². The Labute approximate surface area is 108 Å². The second-order valence-electron chi connectivity index (χ2n) is 3.52. The molecule has 9 heteroatoms. The first-order chi connectivity index (χ1) is 8.74. The van der Waals surface area contributed by atoms with Crippen LogP contribution in [0, 0.1) is 0 Å².